The zero-order valence-corrected chi connectivity index (χ0v) is 15.4. The first-order chi connectivity index (χ1) is 11.7. The normalized spacial score (nSPS) is 23.1. The van der Waals surface area contributed by atoms with Crippen LogP contribution in [0.4, 0.5) is 0 Å². The largest absolute Gasteiger partial charge is 0.454 e. The van der Waals surface area contributed by atoms with Crippen LogP contribution < -0.4 is 14.2 Å². The molecule has 0 aromatic heterocycles. The predicted octanol–water partition coefficient (Wildman–Crippen LogP) is 1.14. The SMILES string of the molecule is C[C@]1(Cc2ccc3c(c2)OCO3)CCC(=O)N(CCNS(C)(=O)=O)C1. The molecule has 8 heteroatoms. The zero-order valence-electron chi connectivity index (χ0n) is 14.6. The van der Waals surface area contributed by atoms with Crippen LogP contribution in [0.5, 0.6) is 11.5 Å². The molecule has 7 nitrogen and oxygen atoms in total. The van der Waals surface area contributed by atoms with E-state index in [0.717, 1.165) is 36.2 Å². The van der Waals surface area contributed by atoms with Crippen molar-refractivity contribution in [2.45, 2.75) is 26.2 Å². The van der Waals surface area contributed by atoms with Gasteiger partial charge in [0.2, 0.25) is 22.7 Å². The first-order valence-corrected chi connectivity index (χ1v) is 10.2. The van der Waals surface area contributed by atoms with Gasteiger partial charge in [-0.25, -0.2) is 13.1 Å². The molecule has 0 unspecified atom stereocenters. The fraction of sp³-hybridized carbons (Fsp3) is 0.588. The van der Waals surface area contributed by atoms with Crippen LogP contribution in [0.2, 0.25) is 0 Å². The summed E-state index contributed by atoms with van der Waals surface area (Å²) < 4.78 is 35.6. The Bertz CT molecular complexity index is 764. The van der Waals surface area contributed by atoms with Gasteiger partial charge in [0.05, 0.1) is 6.26 Å². The first-order valence-electron chi connectivity index (χ1n) is 8.35. The number of amides is 1. The molecule has 1 N–H and O–H groups in total. The van der Waals surface area contributed by atoms with Crippen LogP contribution in [-0.4, -0.2) is 51.9 Å². The van der Waals surface area contributed by atoms with E-state index in [9.17, 15) is 13.2 Å². The first kappa shape index (κ1) is 18.0. The van der Waals surface area contributed by atoms with E-state index in [1.54, 1.807) is 4.90 Å². The number of fused-ring (bicyclic) bond motifs is 1. The third-order valence-corrected chi connectivity index (χ3v) is 5.41. The Kier molecular flexibility index (Phi) is 4.92. The zero-order chi connectivity index (χ0) is 18.1. The highest BCUT2D eigenvalue weighted by Crippen LogP contribution is 2.37. The summed E-state index contributed by atoms with van der Waals surface area (Å²) in [5, 5.41) is 0. The summed E-state index contributed by atoms with van der Waals surface area (Å²) in [4.78, 5) is 13.9. The summed E-state index contributed by atoms with van der Waals surface area (Å²) in [7, 11) is -3.24. The minimum atomic E-state index is -3.24. The molecule has 3 rings (SSSR count). The average molecular weight is 368 g/mol. The molecule has 25 heavy (non-hydrogen) atoms. The highest BCUT2D eigenvalue weighted by Gasteiger charge is 2.35. The molecule has 1 atom stereocenters. The number of hydrogen-bond donors (Lipinski definition) is 1. The number of hydrogen-bond acceptors (Lipinski definition) is 5. The molecule has 2 heterocycles. The minimum Gasteiger partial charge on any atom is -0.454 e. The van der Waals surface area contributed by atoms with Crippen LogP contribution in [0, 0.1) is 5.41 Å². The van der Waals surface area contributed by atoms with E-state index in [4.69, 9.17) is 9.47 Å². The predicted molar refractivity (Wildman–Crippen MR) is 93.0 cm³/mol. The number of sulfonamides is 1. The summed E-state index contributed by atoms with van der Waals surface area (Å²) in [6, 6.07) is 5.95. The van der Waals surface area contributed by atoms with Crippen LogP contribution in [-0.2, 0) is 21.2 Å². The van der Waals surface area contributed by atoms with Gasteiger partial charge in [0.15, 0.2) is 11.5 Å². The summed E-state index contributed by atoms with van der Waals surface area (Å²) in [6.45, 7) is 3.67. The molecule has 1 aromatic carbocycles. The maximum Gasteiger partial charge on any atom is 0.231 e. The second-order valence-corrected chi connectivity index (χ2v) is 8.99. The lowest BCUT2D eigenvalue weighted by molar-refractivity contribution is -0.137. The third-order valence-electron chi connectivity index (χ3n) is 4.68. The fourth-order valence-electron chi connectivity index (χ4n) is 3.45. The van der Waals surface area contributed by atoms with E-state index in [1.165, 1.54) is 0 Å². The van der Waals surface area contributed by atoms with Gasteiger partial charge in [-0.15, -0.1) is 0 Å². The number of rotatable bonds is 6. The summed E-state index contributed by atoms with van der Waals surface area (Å²) in [5.41, 5.74) is 1.10. The summed E-state index contributed by atoms with van der Waals surface area (Å²) >= 11 is 0. The van der Waals surface area contributed by atoms with Crippen molar-refractivity contribution in [2.24, 2.45) is 5.41 Å². The van der Waals surface area contributed by atoms with Crippen molar-refractivity contribution >= 4 is 15.9 Å². The maximum atomic E-state index is 12.2. The Morgan fingerprint density at radius 1 is 1.28 bits per heavy atom. The number of carbonyl (C=O) groups excluding carboxylic acids is 1. The van der Waals surface area contributed by atoms with Crippen LogP contribution in [0.15, 0.2) is 18.2 Å². The molecule has 0 spiro atoms. The molecule has 1 fully saturated rings. The van der Waals surface area contributed by atoms with Crippen molar-refractivity contribution in [3.05, 3.63) is 23.8 Å². The van der Waals surface area contributed by atoms with Crippen LogP contribution in [0.3, 0.4) is 0 Å². The monoisotopic (exact) mass is 368 g/mol. The molecule has 0 saturated carbocycles. The van der Waals surface area contributed by atoms with Gasteiger partial charge in [-0.2, -0.15) is 0 Å². The number of carbonyl (C=O) groups is 1. The molecular weight excluding hydrogens is 344 g/mol. The van der Waals surface area contributed by atoms with Crippen LogP contribution >= 0.6 is 0 Å². The second kappa shape index (κ2) is 6.84. The highest BCUT2D eigenvalue weighted by atomic mass is 32.2. The lowest BCUT2D eigenvalue weighted by Gasteiger charge is -2.40. The number of ether oxygens (including phenoxy) is 2. The van der Waals surface area contributed by atoms with Gasteiger partial charge >= 0.3 is 0 Å². The van der Waals surface area contributed by atoms with Gasteiger partial charge in [0.25, 0.3) is 0 Å². The van der Waals surface area contributed by atoms with Crippen molar-refractivity contribution in [1.29, 1.82) is 0 Å². The lowest BCUT2D eigenvalue weighted by Crippen LogP contribution is -2.48. The molecule has 2 aliphatic rings. The molecule has 1 aromatic rings. The van der Waals surface area contributed by atoms with E-state index in [2.05, 4.69) is 11.6 Å². The van der Waals surface area contributed by atoms with Gasteiger partial charge in [-0.1, -0.05) is 13.0 Å². The lowest BCUT2D eigenvalue weighted by atomic mass is 9.76. The van der Waals surface area contributed by atoms with Crippen molar-refractivity contribution in [3.63, 3.8) is 0 Å². The number of benzene rings is 1. The van der Waals surface area contributed by atoms with E-state index in [0.29, 0.717) is 19.5 Å². The van der Waals surface area contributed by atoms with Crippen molar-refractivity contribution in [2.75, 3.05) is 32.7 Å². The average Bonchev–Trinajstić information content (AvgIpc) is 2.97. The molecule has 138 valence electrons. The Morgan fingerprint density at radius 3 is 2.80 bits per heavy atom. The van der Waals surface area contributed by atoms with Crippen LogP contribution in [0.25, 0.3) is 0 Å². The van der Waals surface area contributed by atoms with Gasteiger partial charge in [-0.05, 0) is 36.0 Å². The fourth-order valence-corrected chi connectivity index (χ4v) is 3.91. The quantitative estimate of drug-likeness (QED) is 0.814. The molecule has 1 saturated heterocycles. The summed E-state index contributed by atoms with van der Waals surface area (Å²) in [5.74, 6) is 1.61. The smallest absolute Gasteiger partial charge is 0.231 e. The molecule has 1 amide bonds. The summed E-state index contributed by atoms with van der Waals surface area (Å²) in [6.07, 6.45) is 3.25. The van der Waals surface area contributed by atoms with Crippen LogP contribution in [0.1, 0.15) is 25.3 Å². The number of nitrogens with one attached hydrogen (secondary N) is 1. The molecule has 2 aliphatic heterocycles. The number of piperidine rings is 1. The number of nitrogens with zero attached hydrogens (tertiary/aromatic N) is 1. The van der Waals surface area contributed by atoms with Crippen molar-refractivity contribution < 1.29 is 22.7 Å². The Balaban J connectivity index is 1.63. The van der Waals surface area contributed by atoms with Gasteiger partial charge in [-0.3, -0.25) is 4.79 Å². The molecule has 0 aliphatic carbocycles. The Morgan fingerprint density at radius 2 is 2.04 bits per heavy atom. The Labute approximate surface area is 148 Å². The topological polar surface area (TPSA) is 84.9 Å². The van der Waals surface area contributed by atoms with Gasteiger partial charge in [0, 0.05) is 26.1 Å². The van der Waals surface area contributed by atoms with Crippen molar-refractivity contribution in [3.8, 4) is 11.5 Å². The van der Waals surface area contributed by atoms with Crippen molar-refractivity contribution in [1.82, 2.24) is 9.62 Å². The van der Waals surface area contributed by atoms with E-state index >= 15 is 0 Å². The van der Waals surface area contributed by atoms with Gasteiger partial charge in [0.1, 0.15) is 0 Å². The molecule has 0 bridgehead atoms. The van der Waals surface area contributed by atoms with E-state index < -0.39 is 10.0 Å². The molecular formula is C17H24N2O5S. The van der Waals surface area contributed by atoms with E-state index in [1.807, 2.05) is 18.2 Å². The van der Waals surface area contributed by atoms with E-state index in [-0.39, 0.29) is 24.7 Å². The second-order valence-electron chi connectivity index (χ2n) is 7.16. The molecule has 0 radical (unpaired) electrons. The van der Waals surface area contributed by atoms with Gasteiger partial charge < -0.3 is 14.4 Å². The number of likely N-dealkylation sites (tertiary alicyclic amines) is 1. The third kappa shape index (κ3) is 4.64. The Hall–Kier alpha value is -1.80. The maximum absolute atomic E-state index is 12.2. The highest BCUT2D eigenvalue weighted by molar-refractivity contribution is 7.88. The standard InChI is InChI=1S/C17H24N2O5S/c1-17(10-13-3-4-14-15(9-13)24-12-23-14)6-5-16(20)19(11-17)8-7-18-25(2,21)22/h3-4,9,18H,5-8,10-12H2,1-2H3/t17-/m1/s1. The minimum absolute atomic E-state index is 0.0489.